The fourth-order valence-electron chi connectivity index (χ4n) is 1.86. The van der Waals surface area contributed by atoms with Gasteiger partial charge in [0.25, 0.3) is 5.91 Å². The molecule has 0 heterocycles. The molecule has 0 atom stereocenters. The molecule has 2 aromatic rings. The van der Waals surface area contributed by atoms with Crippen molar-refractivity contribution in [3.63, 3.8) is 0 Å². The largest absolute Gasteiger partial charge is 0.497 e. The molecular weight excluding hydrogens is 276 g/mol. The Balaban J connectivity index is 2.28. The summed E-state index contributed by atoms with van der Waals surface area (Å²) in [6, 6.07) is 11.9. The summed E-state index contributed by atoms with van der Waals surface area (Å²) in [6.07, 6.45) is 0. The smallest absolute Gasteiger partial charge is 0.258 e. The van der Waals surface area contributed by atoms with Gasteiger partial charge < -0.3 is 15.4 Å². The van der Waals surface area contributed by atoms with Crippen LogP contribution in [-0.4, -0.2) is 20.1 Å². The Bertz CT molecular complexity index is 626. The zero-order valence-electron chi connectivity index (χ0n) is 11.3. The van der Waals surface area contributed by atoms with E-state index in [0.717, 1.165) is 0 Å². The Labute approximate surface area is 122 Å². The van der Waals surface area contributed by atoms with Crippen molar-refractivity contribution in [1.82, 2.24) is 0 Å². The van der Waals surface area contributed by atoms with Gasteiger partial charge in [-0.1, -0.05) is 11.6 Å². The monoisotopic (exact) mass is 290 g/mol. The second-order valence-corrected chi connectivity index (χ2v) is 4.73. The molecule has 1 amide bonds. The lowest BCUT2D eigenvalue weighted by Gasteiger charge is -2.19. The van der Waals surface area contributed by atoms with E-state index in [4.69, 9.17) is 22.1 Å². The third-order valence-corrected chi connectivity index (χ3v) is 3.24. The summed E-state index contributed by atoms with van der Waals surface area (Å²) in [5.74, 6) is 0.497. The van der Waals surface area contributed by atoms with Crippen LogP contribution in [0.3, 0.4) is 0 Å². The molecule has 0 bridgehead atoms. The molecule has 2 rings (SSSR count). The highest BCUT2D eigenvalue weighted by Gasteiger charge is 2.15. The van der Waals surface area contributed by atoms with Crippen LogP contribution in [0, 0.1) is 0 Å². The second-order valence-electron chi connectivity index (χ2n) is 4.30. The number of nitrogen functional groups attached to an aromatic ring is 1. The molecule has 0 radical (unpaired) electrons. The maximum Gasteiger partial charge on any atom is 0.258 e. The first-order valence-corrected chi connectivity index (χ1v) is 6.38. The van der Waals surface area contributed by atoms with E-state index in [1.54, 1.807) is 56.6 Å². The molecule has 0 unspecified atom stereocenters. The number of halogens is 1. The first-order chi connectivity index (χ1) is 9.52. The molecular formula is C15H15ClN2O2. The van der Waals surface area contributed by atoms with Gasteiger partial charge in [0.1, 0.15) is 5.75 Å². The van der Waals surface area contributed by atoms with Gasteiger partial charge in [-0.3, -0.25) is 4.79 Å². The molecule has 20 heavy (non-hydrogen) atoms. The number of carbonyl (C=O) groups is 1. The van der Waals surface area contributed by atoms with Gasteiger partial charge in [0.2, 0.25) is 0 Å². The fourth-order valence-corrected chi connectivity index (χ4v) is 1.99. The maximum absolute atomic E-state index is 12.4. The van der Waals surface area contributed by atoms with Crippen molar-refractivity contribution < 1.29 is 9.53 Å². The minimum Gasteiger partial charge on any atom is -0.497 e. The molecule has 0 spiro atoms. The van der Waals surface area contributed by atoms with Crippen LogP contribution in [0.25, 0.3) is 0 Å². The van der Waals surface area contributed by atoms with Gasteiger partial charge in [0.15, 0.2) is 0 Å². The number of nitrogens with zero attached hydrogens (tertiary/aromatic N) is 1. The minimum absolute atomic E-state index is 0.154. The number of hydrogen-bond donors (Lipinski definition) is 1. The van der Waals surface area contributed by atoms with Crippen LogP contribution in [0.1, 0.15) is 10.4 Å². The second kappa shape index (κ2) is 5.84. The van der Waals surface area contributed by atoms with E-state index >= 15 is 0 Å². The Morgan fingerprint density at radius 2 is 1.85 bits per heavy atom. The number of hydrogen-bond acceptors (Lipinski definition) is 3. The summed E-state index contributed by atoms with van der Waals surface area (Å²) in [7, 11) is 3.24. The van der Waals surface area contributed by atoms with Gasteiger partial charge in [0, 0.05) is 23.7 Å². The third-order valence-electron chi connectivity index (χ3n) is 2.99. The molecule has 0 saturated heterocycles. The molecule has 5 heteroatoms. The van der Waals surface area contributed by atoms with Crippen molar-refractivity contribution in [1.29, 1.82) is 0 Å². The summed E-state index contributed by atoms with van der Waals surface area (Å²) in [5.41, 5.74) is 7.60. The average Bonchev–Trinajstić information content (AvgIpc) is 2.46. The van der Waals surface area contributed by atoms with Crippen molar-refractivity contribution in [3.05, 3.63) is 53.1 Å². The predicted molar refractivity (Wildman–Crippen MR) is 81.6 cm³/mol. The number of nitrogens with two attached hydrogens (primary N) is 1. The van der Waals surface area contributed by atoms with E-state index in [-0.39, 0.29) is 5.91 Å². The molecule has 0 aliphatic carbocycles. The number of carbonyl (C=O) groups excluding carboxylic acids is 1. The molecule has 0 aliphatic heterocycles. The molecule has 0 saturated carbocycles. The van der Waals surface area contributed by atoms with E-state index in [9.17, 15) is 4.79 Å². The molecule has 4 nitrogen and oxygen atoms in total. The van der Waals surface area contributed by atoms with Gasteiger partial charge in [-0.25, -0.2) is 0 Å². The van der Waals surface area contributed by atoms with Gasteiger partial charge >= 0.3 is 0 Å². The van der Waals surface area contributed by atoms with E-state index in [1.807, 2.05) is 0 Å². The van der Waals surface area contributed by atoms with Crippen LogP contribution in [-0.2, 0) is 0 Å². The summed E-state index contributed by atoms with van der Waals surface area (Å²) in [6.45, 7) is 0. The van der Waals surface area contributed by atoms with E-state index < -0.39 is 0 Å². The van der Waals surface area contributed by atoms with Crippen molar-refractivity contribution in [2.75, 3.05) is 24.8 Å². The van der Waals surface area contributed by atoms with E-state index in [1.165, 1.54) is 4.90 Å². The van der Waals surface area contributed by atoms with Crippen LogP contribution in [0.15, 0.2) is 42.5 Å². The number of ether oxygens (including phenoxy) is 1. The Morgan fingerprint density at radius 1 is 1.20 bits per heavy atom. The van der Waals surface area contributed by atoms with E-state index in [2.05, 4.69) is 0 Å². The van der Waals surface area contributed by atoms with Crippen LogP contribution in [0.2, 0.25) is 5.02 Å². The number of amides is 1. The van der Waals surface area contributed by atoms with Crippen molar-refractivity contribution in [2.45, 2.75) is 0 Å². The lowest BCUT2D eigenvalue weighted by Crippen LogP contribution is -2.26. The standard InChI is InChI=1S/C15H15ClN2O2/c1-18(14-8-7-12(20-2)9-13(14)17)15(19)10-3-5-11(16)6-4-10/h3-9H,17H2,1-2H3. The molecule has 2 aromatic carbocycles. The van der Waals surface area contributed by atoms with Crippen LogP contribution < -0.4 is 15.4 Å². The SMILES string of the molecule is COc1ccc(N(C)C(=O)c2ccc(Cl)cc2)c(N)c1. The highest BCUT2D eigenvalue weighted by Crippen LogP contribution is 2.28. The topological polar surface area (TPSA) is 55.6 Å². The highest BCUT2D eigenvalue weighted by molar-refractivity contribution is 6.30. The molecule has 104 valence electrons. The van der Waals surface area contributed by atoms with E-state index in [0.29, 0.717) is 27.7 Å². The lowest BCUT2D eigenvalue weighted by molar-refractivity contribution is 0.0993. The minimum atomic E-state index is -0.154. The van der Waals surface area contributed by atoms with Crippen LogP contribution in [0.4, 0.5) is 11.4 Å². The highest BCUT2D eigenvalue weighted by atomic mass is 35.5. The number of methoxy groups -OCH3 is 1. The van der Waals surface area contributed by atoms with Gasteiger partial charge in [-0.2, -0.15) is 0 Å². The van der Waals surface area contributed by atoms with Crippen LogP contribution in [0.5, 0.6) is 5.75 Å². The Hall–Kier alpha value is -2.20. The molecule has 0 aliphatic rings. The first kappa shape index (κ1) is 14.2. The number of benzene rings is 2. The van der Waals surface area contributed by atoms with Gasteiger partial charge in [-0.15, -0.1) is 0 Å². The number of rotatable bonds is 3. The van der Waals surface area contributed by atoms with Gasteiger partial charge in [0.05, 0.1) is 18.5 Å². The zero-order chi connectivity index (χ0) is 14.7. The zero-order valence-corrected chi connectivity index (χ0v) is 12.0. The normalized spacial score (nSPS) is 10.2. The first-order valence-electron chi connectivity index (χ1n) is 6.00. The van der Waals surface area contributed by atoms with Crippen molar-refractivity contribution in [3.8, 4) is 5.75 Å². The quantitative estimate of drug-likeness (QED) is 0.883. The lowest BCUT2D eigenvalue weighted by atomic mass is 10.1. The Morgan fingerprint density at radius 3 is 2.40 bits per heavy atom. The van der Waals surface area contributed by atoms with Gasteiger partial charge in [-0.05, 0) is 36.4 Å². The van der Waals surface area contributed by atoms with Crippen molar-refractivity contribution >= 4 is 28.9 Å². The van der Waals surface area contributed by atoms with Crippen molar-refractivity contribution in [2.24, 2.45) is 0 Å². The molecule has 0 aromatic heterocycles. The molecule has 2 N–H and O–H groups in total. The summed E-state index contributed by atoms with van der Waals surface area (Å²) < 4.78 is 5.09. The third kappa shape index (κ3) is 2.86. The maximum atomic E-state index is 12.4. The average molecular weight is 291 g/mol. The summed E-state index contributed by atoms with van der Waals surface area (Å²) in [5, 5.41) is 0.591. The molecule has 0 fully saturated rings. The summed E-state index contributed by atoms with van der Waals surface area (Å²) in [4.78, 5) is 13.9. The Kier molecular flexibility index (Phi) is 4.15. The fraction of sp³-hybridized carbons (Fsp3) is 0.133. The predicted octanol–water partition coefficient (Wildman–Crippen LogP) is 3.21. The van der Waals surface area contributed by atoms with Crippen LogP contribution >= 0.6 is 11.6 Å². The summed E-state index contributed by atoms with van der Waals surface area (Å²) >= 11 is 5.81. The number of anilines is 2.